The average molecular weight is 276 g/mol. The third kappa shape index (κ3) is 2.85. The molecule has 0 saturated carbocycles. The summed E-state index contributed by atoms with van der Waals surface area (Å²) in [5, 5.41) is 9.08. The molecule has 0 heterocycles. The van der Waals surface area contributed by atoms with Gasteiger partial charge in [-0.25, -0.2) is 13.6 Å². The lowest BCUT2D eigenvalue weighted by Crippen LogP contribution is -2.04. The van der Waals surface area contributed by atoms with Crippen LogP contribution in [-0.4, -0.2) is 11.1 Å². The van der Waals surface area contributed by atoms with Crippen LogP contribution in [0.2, 0.25) is 0 Å². The van der Waals surface area contributed by atoms with Crippen LogP contribution in [0.15, 0.2) is 36.4 Å². The molecule has 2 aromatic carbocycles. The molecule has 0 aliphatic rings. The van der Waals surface area contributed by atoms with Crippen LogP contribution < -0.4 is 0 Å². The van der Waals surface area contributed by atoms with Gasteiger partial charge in [0, 0.05) is 11.6 Å². The molecule has 0 aromatic heterocycles. The van der Waals surface area contributed by atoms with Crippen LogP contribution in [0.5, 0.6) is 0 Å². The smallest absolute Gasteiger partial charge is 0.339 e. The summed E-state index contributed by atoms with van der Waals surface area (Å²) in [5.41, 5.74) is 1.14. The second kappa shape index (κ2) is 5.82. The summed E-state index contributed by atoms with van der Waals surface area (Å²) in [6.45, 7) is 2.05. The minimum atomic E-state index is -1.41. The molecule has 1 N–H and O–H groups in total. The van der Waals surface area contributed by atoms with Gasteiger partial charge in [0.25, 0.3) is 0 Å². The molecule has 0 radical (unpaired) electrons. The lowest BCUT2D eigenvalue weighted by molar-refractivity contribution is 0.0692. The first-order valence-corrected chi connectivity index (χ1v) is 6.34. The second-order valence-electron chi connectivity index (χ2n) is 4.56. The van der Waals surface area contributed by atoms with Gasteiger partial charge < -0.3 is 5.11 Å². The van der Waals surface area contributed by atoms with Gasteiger partial charge in [-0.2, -0.15) is 0 Å². The predicted octanol–water partition coefficient (Wildman–Crippen LogP) is 4.28. The summed E-state index contributed by atoms with van der Waals surface area (Å²) in [5.74, 6) is -3.26. The monoisotopic (exact) mass is 276 g/mol. The van der Waals surface area contributed by atoms with Crippen molar-refractivity contribution in [1.82, 2.24) is 0 Å². The molecular formula is C16H14F2O2. The number of carboxylic acids is 1. The van der Waals surface area contributed by atoms with E-state index in [2.05, 4.69) is 6.92 Å². The Morgan fingerprint density at radius 3 is 2.35 bits per heavy atom. The molecule has 0 spiro atoms. The fraction of sp³-hybridized carbons (Fsp3) is 0.188. The van der Waals surface area contributed by atoms with Crippen LogP contribution in [0.25, 0.3) is 11.1 Å². The van der Waals surface area contributed by atoms with Crippen molar-refractivity contribution in [3.63, 3.8) is 0 Å². The molecule has 4 heteroatoms. The Morgan fingerprint density at radius 1 is 1.15 bits per heavy atom. The lowest BCUT2D eigenvalue weighted by Gasteiger charge is -2.09. The van der Waals surface area contributed by atoms with E-state index >= 15 is 0 Å². The van der Waals surface area contributed by atoms with Crippen LogP contribution in [0.3, 0.4) is 0 Å². The molecule has 2 rings (SSSR count). The van der Waals surface area contributed by atoms with E-state index in [1.807, 2.05) is 12.1 Å². The molecule has 2 nitrogen and oxygen atoms in total. The minimum Gasteiger partial charge on any atom is -0.478 e. The molecule has 0 aliphatic carbocycles. The van der Waals surface area contributed by atoms with E-state index in [9.17, 15) is 13.6 Å². The van der Waals surface area contributed by atoms with E-state index in [4.69, 9.17) is 5.11 Å². The fourth-order valence-electron chi connectivity index (χ4n) is 2.16. The van der Waals surface area contributed by atoms with Gasteiger partial charge in [-0.05, 0) is 23.6 Å². The number of halogens is 2. The van der Waals surface area contributed by atoms with Crippen molar-refractivity contribution in [3.05, 3.63) is 59.2 Å². The Kier molecular flexibility index (Phi) is 4.13. The van der Waals surface area contributed by atoms with Crippen molar-refractivity contribution in [1.29, 1.82) is 0 Å². The number of carboxylic acid groups (broad SMARTS) is 1. The number of hydrogen-bond acceptors (Lipinski definition) is 1. The van der Waals surface area contributed by atoms with Crippen LogP contribution in [-0.2, 0) is 6.42 Å². The molecule has 0 aliphatic heterocycles. The number of rotatable bonds is 4. The lowest BCUT2D eigenvalue weighted by atomic mass is 9.97. The van der Waals surface area contributed by atoms with Crippen molar-refractivity contribution in [2.45, 2.75) is 19.8 Å². The van der Waals surface area contributed by atoms with Crippen LogP contribution in [0.4, 0.5) is 8.78 Å². The number of aromatic carboxylic acids is 1. The zero-order chi connectivity index (χ0) is 14.7. The van der Waals surface area contributed by atoms with E-state index in [1.54, 1.807) is 12.1 Å². The third-order valence-electron chi connectivity index (χ3n) is 3.07. The Balaban J connectivity index is 2.53. The molecule has 0 unspecified atom stereocenters. The molecule has 0 saturated heterocycles. The first-order valence-electron chi connectivity index (χ1n) is 6.34. The summed E-state index contributed by atoms with van der Waals surface area (Å²) in [6, 6.07) is 8.68. The van der Waals surface area contributed by atoms with Crippen molar-refractivity contribution in [2.24, 2.45) is 0 Å². The van der Waals surface area contributed by atoms with Gasteiger partial charge in [-0.1, -0.05) is 37.6 Å². The number of carbonyl (C=O) groups is 1. The van der Waals surface area contributed by atoms with Crippen molar-refractivity contribution < 1.29 is 18.7 Å². The number of aryl methyl sites for hydroxylation is 1. The largest absolute Gasteiger partial charge is 0.478 e. The first kappa shape index (κ1) is 14.2. The van der Waals surface area contributed by atoms with Crippen LogP contribution in [0.1, 0.15) is 29.3 Å². The zero-order valence-corrected chi connectivity index (χ0v) is 11.0. The molecule has 2 aromatic rings. The van der Waals surface area contributed by atoms with Gasteiger partial charge in [0.05, 0.1) is 0 Å². The Bertz CT molecular complexity index is 634. The maximum Gasteiger partial charge on any atom is 0.339 e. The van der Waals surface area contributed by atoms with E-state index in [1.165, 1.54) is 0 Å². The molecule has 104 valence electrons. The second-order valence-corrected chi connectivity index (χ2v) is 4.56. The van der Waals surface area contributed by atoms with Crippen LogP contribution in [0, 0.1) is 11.6 Å². The quantitative estimate of drug-likeness (QED) is 0.904. The summed E-state index contributed by atoms with van der Waals surface area (Å²) >= 11 is 0. The number of benzene rings is 2. The molecule has 20 heavy (non-hydrogen) atoms. The number of hydrogen-bond donors (Lipinski definition) is 1. The molecule has 0 amide bonds. The fourth-order valence-corrected chi connectivity index (χ4v) is 2.16. The standard InChI is InChI=1S/C16H14F2O2/c1-2-3-10-4-6-11(7-5-10)13-8-12(17)9-14(18)15(13)16(19)20/h4-9H,2-3H2,1H3,(H,19,20). The van der Waals surface area contributed by atoms with E-state index in [0.717, 1.165) is 24.5 Å². The minimum absolute atomic E-state index is 0.0537. The van der Waals surface area contributed by atoms with E-state index in [-0.39, 0.29) is 5.56 Å². The highest BCUT2D eigenvalue weighted by molar-refractivity contribution is 5.96. The van der Waals surface area contributed by atoms with Gasteiger partial charge in [0.15, 0.2) is 0 Å². The maximum atomic E-state index is 13.6. The maximum absolute atomic E-state index is 13.6. The summed E-state index contributed by atoms with van der Waals surface area (Å²) in [7, 11) is 0. The highest BCUT2D eigenvalue weighted by Crippen LogP contribution is 2.27. The molecule has 0 fully saturated rings. The Morgan fingerprint density at radius 2 is 1.80 bits per heavy atom. The van der Waals surface area contributed by atoms with Gasteiger partial charge in [-0.15, -0.1) is 0 Å². The predicted molar refractivity (Wildman–Crippen MR) is 72.7 cm³/mol. The Labute approximate surface area is 115 Å². The van der Waals surface area contributed by atoms with Gasteiger partial charge in [0.2, 0.25) is 0 Å². The summed E-state index contributed by atoms with van der Waals surface area (Å²) < 4.78 is 27.0. The highest BCUT2D eigenvalue weighted by atomic mass is 19.1. The summed E-state index contributed by atoms with van der Waals surface area (Å²) in [4.78, 5) is 11.1. The Hall–Kier alpha value is -2.23. The topological polar surface area (TPSA) is 37.3 Å². The SMILES string of the molecule is CCCc1ccc(-c2cc(F)cc(F)c2C(=O)O)cc1. The normalized spacial score (nSPS) is 10.6. The van der Waals surface area contributed by atoms with Gasteiger partial charge in [0.1, 0.15) is 17.2 Å². The summed E-state index contributed by atoms with van der Waals surface area (Å²) in [6.07, 6.45) is 1.90. The average Bonchev–Trinajstić information content (AvgIpc) is 2.38. The third-order valence-corrected chi connectivity index (χ3v) is 3.07. The van der Waals surface area contributed by atoms with Crippen LogP contribution >= 0.6 is 0 Å². The molecular weight excluding hydrogens is 262 g/mol. The first-order chi connectivity index (χ1) is 9.52. The highest BCUT2D eigenvalue weighted by Gasteiger charge is 2.18. The molecule has 0 atom stereocenters. The van der Waals surface area contributed by atoms with Crippen molar-refractivity contribution in [2.75, 3.05) is 0 Å². The van der Waals surface area contributed by atoms with Crippen molar-refractivity contribution >= 4 is 5.97 Å². The van der Waals surface area contributed by atoms with E-state index < -0.39 is 23.2 Å². The molecule has 0 bridgehead atoms. The van der Waals surface area contributed by atoms with Crippen molar-refractivity contribution in [3.8, 4) is 11.1 Å². The van der Waals surface area contributed by atoms with Gasteiger partial charge in [-0.3, -0.25) is 0 Å². The van der Waals surface area contributed by atoms with Gasteiger partial charge >= 0.3 is 5.97 Å². The van der Waals surface area contributed by atoms with E-state index in [0.29, 0.717) is 11.6 Å². The zero-order valence-electron chi connectivity index (χ0n) is 11.0.